The summed E-state index contributed by atoms with van der Waals surface area (Å²) >= 11 is 0. The third-order valence-electron chi connectivity index (χ3n) is 2.38. The molecule has 0 heterocycles. The van der Waals surface area contributed by atoms with Crippen LogP contribution in [0.1, 0.15) is 19.8 Å². The number of unbranched alkanes of at least 4 members (excludes halogenated alkanes) is 1. The lowest BCUT2D eigenvalue weighted by Crippen LogP contribution is -2.14. The highest BCUT2D eigenvalue weighted by molar-refractivity contribution is 5.20. The largest absolute Gasteiger partial charge is 0.491 e. The number of benzene rings is 1. The molecule has 0 radical (unpaired) electrons. The van der Waals surface area contributed by atoms with Gasteiger partial charge in [-0.1, -0.05) is 25.1 Å². The fourth-order valence-electron chi connectivity index (χ4n) is 1.47. The van der Waals surface area contributed by atoms with Gasteiger partial charge in [0.05, 0.1) is 6.61 Å². The second-order valence-electron chi connectivity index (χ2n) is 3.83. The Balaban J connectivity index is 1.85. The van der Waals surface area contributed by atoms with Gasteiger partial charge >= 0.3 is 0 Å². The zero-order valence-electron chi connectivity index (χ0n) is 10.7. The molecule has 0 amide bonds. The van der Waals surface area contributed by atoms with Crippen LogP contribution in [0.3, 0.4) is 0 Å². The maximum absolute atomic E-state index is 5.51. The Bertz CT molecular complexity index is 264. The number of hydrogen-bond donors (Lipinski definition) is 1. The van der Waals surface area contributed by atoms with Gasteiger partial charge in [0.15, 0.2) is 0 Å². The van der Waals surface area contributed by atoms with Crippen molar-refractivity contribution < 1.29 is 9.47 Å². The summed E-state index contributed by atoms with van der Waals surface area (Å²) in [7, 11) is 0. The molecule has 1 aromatic rings. The van der Waals surface area contributed by atoms with E-state index < -0.39 is 0 Å². The van der Waals surface area contributed by atoms with E-state index in [0.29, 0.717) is 13.2 Å². The molecule has 1 aromatic carbocycles. The van der Waals surface area contributed by atoms with Gasteiger partial charge in [0, 0.05) is 6.61 Å². The number of hydrogen-bond acceptors (Lipinski definition) is 3. The first-order valence-corrected chi connectivity index (χ1v) is 6.40. The van der Waals surface area contributed by atoms with E-state index in [-0.39, 0.29) is 0 Å². The Morgan fingerprint density at radius 3 is 2.59 bits per heavy atom. The summed E-state index contributed by atoms with van der Waals surface area (Å²) in [5.41, 5.74) is 0. The normalized spacial score (nSPS) is 10.4. The molecule has 1 N–H and O–H groups in total. The van der Waals surface area contributed by atoms with Crippen molar-refractivity contribution in [2.45, 2.75) is 19.8 Å². The van der Waals surface area contributed by atoms with Crippen LogP contribution in [-0.4, -0.2) is 32.9 Å². The molecule has 0 unspecified atom stereocenters. The predicted molar refractivity (Wildman–Crippen MR) is 70.5 cm³/mol. The quantitative estimate of drug-likeness (QED) is 0.634. The van der Waals surface area contributed by atoms with E-state index in [1.165, 1.54) is 6.42 Å². The summed E-state index contributed by atoms with van der Waals surface area (Å²) in [5.74, 6) is 0.906. The van der Waals surface area contributed by atoms with Crippen molar-refractivity contribution in [1.82, 2.24) is 5.32 Å². The highest BCUT2D eigenvalue weighted by atomic mass is 16.5. The minimum absolute atomic E-state index is 0.622. The Morgan fingerprint density at radius 1 is 1.00 bits per heavy atom. The smallest absolute Gasteiger partial charge is 0.119 e. The standard InChI is InChI=1S/C14H23NO2/c1-2-15-10-6-7-11-16-12-13-17-14-8-4-3-5-9-14/h3-5,8-9,15H,2,6-7,10-13H2,1H3. The highest BCUT2D eigenvalue weighted by Crippen LogP contribution is 2.07. The lowest BCUT2D eigenvalue weighted by atomic mass is 10.3. The van der Waals surface area contributed by atoms with E-state index in [1.54, 1.807) is 0 Å². The van der Waals surface area contributed by atoms with Gasteiger partial charge in [-0.05, 0) is 38.1 Å². The summed E-state index contributed by atoms with van der Waals surface area (Å²) in [5, 5.41) is 3.29. The molecular weight excluding hydrogens is 214 g/mol. The van der Waals surface area contributed by atoms with Gasteiger partial charge in [-0.2, -0.15) is 0 Å². The van der Waals surface area contributed by atoms with Crippen molar-refractivity contribution in [3.05, 3.63) is 30.3 Å². The third-order valence-corrected chi connectivity index (χ3v) is 2.38. The van der Waals surface area contributed by atoms with Crippen molar-refractivity contribution in [3.8, 4) is 5.75 Å². The zero-order chi connectivity index (χ0) is 12.2. The number of rotatable bonds is 10. The Kier molecular flexibility index (Phi) is 8.33. The van der Waals surface area contributed by atoms with Gasteiger partial charge in [0.2, 0.25) is 0 Å². The van der Waals surface area contributed by atoms with Gasteiger partial charge in [0.25, 0.3) is 0 Å². The molecule has 0 aliphatic carbocycles. The summed E-state index contributed by atoms with van der Waals surface area (Å²) in [6.45, 7) is 6.36. The molecule has 3 nitrogen and oxygen atoms in total. The van der Waals surface area contributed by atoms with Crippen molar-refractivity contribution in [2.75, 3.05) is 32.9 Å². The van der Waals surface area contributed by atoms with Crippen LogP contribution in [0, 0.1) is 0 Å². The van der Waals surface area contributed by atoms with Crippen molar-refractivity contribution >= 4 is 0 Å². The summed E-state index contributed by atoms with van der Waals surface area (Å²) in [6.07, 6.45) is 2.28. The molecule has 0 aromatic heterocycles. The second kappa shape index (κ2) is 10.1. The van der Waals surface area contributed by atoms with Gasteiger partial charge in [-0.25, -0.2) is 0 Å². The highest BCUT2D eigenvalue weighted by Gasteiger charge is 1.92. The Labute approximate surface area is 104 Å². The van der Waals surface area contributed by atoms with Crippen LogP contribution in [0.2, 0.25) is 0 Å². The van der Waals surface area contributed by atoms with Gasteiger partial charge < -0.3 is 14.8 Å². The van der Waals surface area contributed by atoms with Crippen LogP contribution in [0.5, 0.6) is 5.75 Å². The molecule has 1 rings (SSSR count). The first kappa shape index (κ1) is 14.0. The minimum Gasteiger partial charge on any atom is -0.491 e. The monoisotopic (exact) mass is 237 g/mol. The van der Waals surface area contributed by atoms with Gasteiger partial charge in [0.1, 0.15) is 12.4 Å². The molecule has 0 fully saturated rings. The second-order valence-corrected chi connectivity index (χ2v) is 3.83. The van der Waals surface area contributed by atoms with E-state index in [1.807, 2.05) is 30.3 Å². The molecule has 0 bridgehead atoms. The fourth-order valence-corrected chi connectivity index (χ4v) is 1.47. The lowest BCUT2D eigenvalue weighted by molar-refractivity contribution is 0.0974. The Hall–Kier alpha value is -1.06. The molecule has 0 spiro atoms. The van der Waals surface area contributed by atoms with Crippen molar-refractivity contribution in [3.63, 3.8) is 0 Å². The van der Waals surface area contributed by atoms with Crippen LogP contribution in [0.15, 0.2) is 30.3 Å². The molecule has 0 saturated heterocycles. The maximum atomic E-state index is 5.51. The SMILES string of the molecule is CCNCCCCOCCOc1ccccc1. The number of ether oxygens (including phenoxy) is 2. The van der Waals surface area contributed by atoms with Gasteiger partial charge in [-0.15, -0.1) is 0 Å². The van der Waals surface area contributed by atoms with E-state index >= 15 is 0 Å². The van der Waals surface area contributed by atoms with Crippen LogP contribution < -0.4 is 10.1 Å². The first-order chi connectivity index (χ1) is 8.43. The first-order valence-electron chi connectivity index (χ1n) is 6.40. The molecule has 0 atom stereocenters. The van der Waals surface area contributed by atoms with Crippen molar-refractivity contribution in [1.29, 1.82) is 0 Å². The molecular formula is C14H23NO2. The van der Waals surface area contributed by atoms with E-state index in [0.717, 1.165) is 31.9 Å². The van der Waals surface area contributed by atoms with Crippen LogP contribution >= 0.6 is 0 Å². The van der Waals surface area contributed by atoms with Crippen LogP contribution in [0.25, 0.3) is 0 Å². The summed E-state index contributed by atoms with van der Waals surface area (Å²) in [4.78, 5) is 0. The lowest BCUT2D eigenvalue weighted by Gasteiger charge is -2.07. The topological polar surface area (TPSA) is 30.5 Å². The van der Waals surface area contributed by atoms with Crippen LogP contribution in [-0.2, 0) is 4.74 Å². The zero-order valence-corrected chi connectivity index (χ0v) is 10.7. The molecule has 0 saturated carbocycles. The van der Waals surface area contributed by atoms with E-state index in [4.69, 9.17) is 9.47 Å². The molecule has 96 valence electrons. The fraction of sp³-hybridized carbons (Fsp3) is 0.571. The third kappa shape index (κ3) is 7.77. The molecule has 0 aliphatic rings. The van der Waals surface area contributed by atoms with Crippen molar-refractivity contribution in [2.24, 2.45) is 0 Å². The summed E-state index contributed by atoms with van der Waals surface area (Å²) < 4.78 is 11.0. The van der Waals surface area contributed by atoms with Crippen LogP contribution in [0.4, 0.5) is 0 Å². The number of para-hydroxylation sites is 1. The number of nitrogens with one attached hydrogen (secondary N) is 1. The Morgan fingerprint density at radius 2 is 1.82 bits per heavy atom. The summed E-state index contributed by atoms with van der Waals surface area (Å²) in [6, 6.07) is 9.83. The molecule has 17 heavy (non-hydrogen) atoms. The minimum atomic E-state index is 0.622. The van der Waals surface area contributed by atoms with Gasteiger partial charge in [-0.3, -0.25) is 0 Å². The average molecular weight is 237 g/mol. The maximum Gasteiger partial charge on any atom is 0.119 e. The molecule has 3 heteroatoms. The molecule has 0 aliphatic heterocycles. The van der Waals surface area contributed by atoms with E-state index in [9.17, 15) is 0 Å². The predicted octanol–water partition coefficient (Wildman–Crippen LogP) is 2.47. The average Bonchev–Trinajstić information content (AvgIpc) is 2.38. The van der Waals surface area contributed by atoms with E-state index in [2.05, 4.69) is 12.2 Å².